The number of rotatable bonds is 9. The molecule has 0 spiro atoms. The van der Waals surface area contributed by atoms with Crippen LogP contribution < -0.4 is 10.1 Å². The normalized spacial score (nSPS) is 10.4. The lowest BCUT2D eigenvalue weighted by molar-refractivity contribution is -0.147. The molecule has 0 radical (unpaired) electrons. The lowest BCUT2D eigenvalue weighted by Crippen LogP contribution is -2.21. The number of halogens is 2. The highest BCUT2D eigenvalue weighted by Gasteiger charge is 2.12. The number of amides is 1. The first kappa shape index (κ1) is 21.0. The standard InChI is InChI=1S/C20H19F2NO5/c1-13-2-4-14(5-3-13)17(24)10-11-19(26)27-12-18(25)23-15-6-8-16(9-7-15)28-20(21)22/h2-9,20H,10-12H2,1H3,(H,23,25). The number of carbonyl (C=O) groups excluding carboxylic acids is 3. The van der Waals surface area contributed by atoms with Gasteiger partial charge in [0.05, 0.1) is 6.42 Å². The minimum Gasteiger partial charge on any atom is -0.456 e. The number of ether oxygens (including phenoxy) is 2. The molecule has 1 N–H and O–H groups in total. The van der Waals surface area contributed by atoms with E-state index in [0.29, 0.717) is 11.3 Å². The van der Waals surface area contributed by atoms with E-state index in [1.54, 1.807) is 12.1 Å². The van der Waals surface area contributed by atoms with Gasteiger partial charge in [-0.25, -0.2) is 0 Å². The Balaban J connectivity index is 1.71. The predicted octanol–water partition coefficient (Wildman–Crippen LogP) is 3.74. The fourth-order valence-electron chi connectivity index (χ4n) is 2.23. The number of carbonyl (C=O) groups is 3. The molecule has 0 aromatic heterocycles. The second kappa shape index (κ2) is 10.1. The van der Waals surface area contributed by atoms with Crippen molar-refractivity contribution in [3.05, 3.63) is 59.7 Å². The summed E-state index contributed by atoms with van der Waals surface area (Å²) in [6, 6.07) is 12.3. The zero-order valence-corrected chi connectivity index (χ0v) is 15.1. The van der Waals surface area contributed by atoms with Crippen LogP contribution in [0.4, 0.5) is 14.5 Å². The Morgan fingerprint density at radius 2 is 1.61 bits per heavy atom. The predicted molar refractivity (Wildman–Crippen MR) is 97.4 cm³/mol. The van der Waals surface area contributed by atoms with Crippen LogP contribution in [-0.2, 0) is 14.3 Å². The Morgan fingerprint density at radius 1 is 0.964 bits per heavy atom. The third-order valence-electron chi connectivity index (χ3n) is 3.66. The van der Waals surface area contributed by atoms with Crippen molar-refractivity contribution in [2.75, 3.05) is 11.9 Å². The molecule has 0 saturated heterocycles. The van der Waals surface area contributed by atoms with Gasteiger partial charge in [0.15, 0.2) is 12.4 Å². The van der Waals surface area contributed by atoms with Gasteiger partial charge in [0, 0.05) is 17.7 Å². The van der Waals surface area contributed by atoms with Crippen LogP contribution in [0.3, 0.4) is 0 Å². The molecule has 2 aromatic carbocycles. The van der Waals surface area contributed by atoms with Crippen LogP contribution in [0.1, 0.15) is 28.8 Å². The fraction of sp³-hybridized carbons (Fsp3) is 0.250. The second-order valence-electron chi connectivity index (χ2n) is 5.90. The van der Waals surface area contributed by atoms with E-state index >= 15 is 0 Å². The zero-order valence-electron chi connectivity index (χ0n) is 15.1. The highest BCUT2D eigenvalue weighted by atomic mass is 19.3. The first-order valence-electron chi connectivity index (χ1n) is 8.43. The molecular formula is C20H19F2NO5. The van der Waals surface area contributed by atoms with Crippen molar-refractivity contribution in [2.24, 2.45) is 0 Å². The van der Waals surface area contributed by atoms with Crippen LogP contribution in [0.15, 0.2) is 48.5 Å². The average molecular weight is 391 g/mol. The highest BCUT2D eigenvalue weighted by molar-refractivity contribution is 5.98. The molecule has 0 heterocycles. The van der Waals surface area contributed by atoms with Crippen LogP contribution >= 0.6 is 0 Å². The van der Waals surface area contributed by atoms with Gasteiger partial charge in [0.1, 0.15) is 5.75 Å². The van der Waals surface area contributed by atoms with Crippen molar-refractivity contribution >= 4 is 23.3 Å². The number of benzene rings is 2. The molecule has 0 unspecified atom stereocenters. The molecule has 148 valence electrons. The maximum Gasteiger partial charge on any atom is 0.387 e. The molecule has 0 atom stereocenters. The number of hydrogen-bond donors (Lipinski definition) is 1. The maximum absolute atomic E-state index is 12.1. The molecule has 2 aromatic rings. The van der Waals surface area contributed by atoms with Crippen LogP contribution in [-0.4, -0.2) is 30.9 Å². The summed E-state index contributed by atoms with van der Waals surface area (Å²) in [5, 5.41) is 2.45. The quantitative estimate of drug-likeness (QED) is 0.520. The molecule has 1 amide bonds. The molecule has 0 aliphatic carbocycles. The van der Waals surface area contributed by atoms with E-state index < -0.39 is 25.1 Å². The number of alkyl halides is 2. The number of anilines is 1. The van der Waals surface area contributed by atoms with E-state index in [-0.39, 0.29) is 24.4 Å². The van der Waals surface area contributed by atoms with Gasteiger partial charge in [-0.1, -0.05) is 29.8 Å². The minimum absolute atomic E-state index is 0.0187. The summed E-state index contributed by atoms with van der Waals surface area (Å²) in [5.41, 5.74) is 1.87. The van der Waals surface area contributed by atoms with E-state index in [9.17, 15) is 23.2 Å². The monoisotopic (exact) mass is 391 g/mol. The SMILES string of the molecule is Cc1ccc(C(=O)CCC(=O)OCC(=O)Nc2ccc(OC(F)F)cc2)cc1. The zero-order chi connectivity index (χ0) is 20.5. The van der Waals surface area contributed by atoms with Crippen LogP contribution in [0.2, 0.25) is 0 Å². The summed E-state index contributed by atoms with van der Waals surface area (Å²) in [6.45, 7) is -1.55. The topological polar surface area (TPSA) is 81.7 Å². The van der Waals surface area contributed by atoms with E-state index in [2.05, 4.69) is 10.1 Å². The van der Waals surface area contributed by atoms with Crippen molar-refractivity contribution in [1.82, 2.24) is 0 Å². The number of aryl methyl sites for hydroxylation is 1. The van der Waals surface area contributed by atoms with E-state index in [1.165, 1.54) is 24.3 Å². The van der Waals surface area contributed by atoms with Crippen molar-refractivity contribution in [2.45, 2.75) is 26.4 Å². The summed E-state index contributed by atoms with van der Waals surface area (Å²) in [5.74, 6) is -1.50. The molecule has 2 rings (SSSR count). The number of esters is 1. The summed E-state index contributed by atoms with van der Waals surface area (Å²) in [4.78, 5) is 35.4. The van der Waals surface area contributed by atoms with Crippen molar-refractivity contribution in [1.29, 1.82) is 0 Å². The van der Waals surface area contributed by atoms with Gasteiger partial charge in [-0.05, 0) is 31.2 Å². The Labute approximate surface area is 160 Å². The second-order valence-corrected chi connectivity index (χ2v) is 5.90. The third kappa shape index (κ3) is 7.14. The van der Waals surface area contributed by atoms with Gasteiger partial charge < -0.3 is 14.8 Å². The van der Waals surface area contributed by atoms with E-state index in [1.807, 2.05) is 19.1 Å². The first-order chi connectivity index (χ1) is 13.3. The van der Waals surface area contributed by atoms with Crippen molar-refractivity contribution in [3.8, 4) is 5.75 Å². The van der Waals surface area contributed by atoms with Crippen LogP contribution in [0.5, 0.6) is 5.75 Å². The lowest BCUT2D eigenvalue weighted by Gasteiger charge is -2.08. The van der Waals surface area contributed by atoms with Crippen molar-refractivity contribution < 1.29 is 32.6 Å². The Hall–Kier alpha value is -3.29. The summed E-state index contributed by atoms with van der Waals surface area (Å²) in [6.07, 6.45) is -0.158. The average Bonchev–Trinajstić information content (AvgIpc) is 2.66. The number of nitrogens with one attached hydrogen (secondary N) is 1. The van der Waals surface area contributed by atoms with Crippen LogP contribution in [0, 0.1) is 6.92 Å². The van der Waals surface area contributed by atoms with Gasteiger partial charge in [0.2, 0.25) is 0 Å². The Bertz CT molecular complexity index is 819. The molecule has 0 aliphatic heterocycles. The molecule has 0 bridgehead atoms. The fourth-order valence-corrected chi connectivity index (χ4v) is 2.23. The number of ketones is 1. The Morgan fingerprint density at radius 3 is 2.21 bits per heavy atom. The van der Waals surface area contributed by atoms with E-state index in [0.717, 1.165) is 5.56 Å². The maximum atomic E-state index is 12.1. The smallest absolute Gasteiger partial charge is 0.387 e. The highest BCUT2D eigenvalue weighted by Crippen LogP contribution is 2.17. The summed E-state index contributed by atoms with van der Waals surface area (Å²) in [7, 11) is 0. The lowest BCUT2D eigenvalue weighted by atomic mass is 10.1. The molecular weight excluding hydrogens is 372 g/mol. The molecule has 28 heavy (non-hydrogen) atoms. The summed E-state index contributed by atoms with van der Waals surface area (Å²) >= 11 is 0. The van der Waals surface area contributed by atoms with Crippen molar-refractivity contribution in [3.63, 3.8) is 0 Å². The van der Waals surface area contributed by atoms with Gasteiger partial charge in [-0.15, -0.1) is 0 Å². The molecule has 0 aliphatic rings. The third-order valence-corrected chi connectivity index (χ3v) is 3.66. The molecule has 0 fully saturated rings. The number of Topliss-reactive ketones (excluding diaryl/α,β-unsaturated/α-hetero) is 1. The van der Waals surface area contributed by atoms with Gasteiger partial charge in [0.25, 0.3) is 5.91 Å². The molecule has 0 saturated carbocycles. The Kier molecular flexibility index (Phi) is 7.62. The largest absolute Gasteiger partial charge is 0.456 e. The molecule has 6 nitrogen and oxygen atoms in total. The first-order valence-corrected chi connectivity index (χ1v) is 8.43. The van der Waals surface area contributed by atoms with E-state index in [4.69, 9.17) is 4.74 Å². The summed E-state index contributed by atoms with van der Waals surface area (Å²) < 4.78 is 33.2. The van der Waals surface area contributed by atoms with Crippen LogP contribution in [0.25, 0.3) is 0 Å². The van der Waals surface area contributed by atoms with Gasteiger partial charge in [-0.3, -0.25) is 14.4 Å². The minimum atomic E-state index is -2.93. The van der Waals surface area contributed by atoms with Gasteiger partial charge >= 0.3 is 12.6 Å². The number of hydrogen-bond acceptors (Lipinski definition) is 5. The van der Waals surface area contributed by atoms with Gasteiger partial charge in [-0.2, -0.15) is 8.78 Å². The molecule has 8 heteroatoms.